The van der Waals surface area contributed by atoms with Gasteiger partial charge in [0.2, 0.25) is 0 Å². The SMILES string of the molecule is NCc1ocnc1C=O. The van der Waals surface area contributed by atoms with Crippen LogP contribution in [-0.4, -0.2) is 11.3 Å². The van der Waals surface area contributed by atoms with E-state index in [4.69, 9.17) is 10.2 Å². The van der Waals surface area contributed by atoms with E-state index in [1.165, 1.54) is 6.39 Å². The van der Waals surface area contributed by atoms with E-state index in [0.29, 0.717) is 12.0 Å². The fraction of sp³-hybridized carbons (Fsp3) is 0.200. The molecule has 9 heavy (non-hydrogen) atoms. The Labute approximate surface area is 51.7 Å². The Morgan fingerprint density at radius 3 is 3.11 bits per heavy atom. The summed E-state index contributed by atoms with van der Waals surface area (Å²) < 4.78 is 4.74. The van der Waals surface area contributed by atoms with Crippen LogP contribution < -0.4 is 5.73 Å². The molecule has 0 aliphatic carbocycles. The van der Waals surface area contributed by atoms with Crippen LogP contribution in [0, 0.1) is 0 Å². The minimum Gasteiger partial charge on any atom is -0.446 e. The van der Waals surface area contributed by atoms with E-state index in [2.05, 4.69) is 4.98 Å². The van der Waals surface area contributed by atoms with Crippen LogP contribution in [0.5, 0.6) is 0 Å². The maximum Gasteiger partial charge on any atom is 0.181 e. The molecular formula is C5H6N2O2. The van der Waals surface area contributed by atoms with Gasteiger partial charge in [0.05, 0.1) is 6.54 Å². The van der Waals surface area contributed by atoms with Crippen LogP contribution >= 0.6 is 0 Å². The molecule has 4 heteroatoms. The number of hydrogen-bond acceptors (Lipinski definition) is 4. The Balaban J connectivity index is 2.98. The molecule has 1 aromatic rings. The molecule has 0 aliphatic rings. The normalized spacial score (nSPS) is 9.44. The Kier molecular flexibility index (Phi) is 1.60. The maximum atomic E-state index is 10.1. The molecule has 0 radical (unpaired) electrons. The molecule has 0 fully saturated rings. The third-order valence-corrected chi connectivity index (χ3v) is 0.969. The average Bonchev–Trinajstić information content (AvgIpc) is 2.33. The van der Waals surface area contributed by atoms with Crippen molar-refractivity contribution in [2.24, 2.45) is 5.73 Å². The van der Waals surface area contributed by atoms with Gasteiger partial charge in [0.25, 0.3) is 0 Å². The number of rotatable bonds is 2. The lowest BCUT2D eigenvalue weighted by Gasteiger charge is -1.84. The Bertz CT molecular complexity index is 206. The minimum atomic E-state index is 0.216. The number of carbonyl (C=O) groups is 1. The standard InChI is InChI=1S/C5H6N2O2/c6-1-5-4(2-8)7-3-9-5/h2-3H,1,6H2. The molecule has 0 atom stereocenters. The molecule has 0 aromatic carbocycles. The van der Waals surface area contributed by atoms with Crippen molar-refractivity contribution in [2.45, 2.75) is 6.54 Å². The summed E-state index contributed by atoms with van der Waals surface area (Å²) in [6.45, 7) is 0.216. The highest BCUT2D eigenvalue weighted by Crippen LogP contribution is 2.00. The molecule has 0 aliphatic heterocycles. The van der Waals surface area contributed by atoms with Crippen molar-refractivity contribution < 1.29 is 9.21 Å². The Morgan fingerprint density at radius 2 is 2.67 bits per heavy atom. The van der Waals surface area contributed by atoms with Gasteiger partial charge in [0.1, 0.15) is 11.5 Å². The summed E-state index contributed by atoms with van der Waals surface area (Å²) in [7, 11) is 0. The number of nitrogens with two attached hydrogens (primary N) is 1. The second-order valence-corrected chi connectivity index (χ2v) is 1.48. The van der Waals surface area contributed by atoms with E-state index in [-0.39, 0.29) is 12.2 Å². The van der Waals surface area contributed by atoms with E-state index >= 15 is 0 Å². The van der Waals surface area contributed by atoms with Crippen molar-refractivity contribution in [3.63, 3.8) is 0 Å². The van der Waals surface area contributed by atoms with Gasteiger partial charge in [-0.25, -0.2) is 4.98 Å². The van der Waals surface area contributed by atoms with Gasteiger partial charge < -0.3 is 10.2 Å². The van der Waals surface area contributed by atoms with Crippen LogP contribution in [0.15, 0.2) is 10.8 Å². The van der Waals surface area contributed by atoms with Crippen molar-refractivity contribution in [3.05, 3.63) is 17.8 Å². The van der Waals surface area contributed by atoms with Gasteiger partial charge >= 0.3 is 0 Å². The highest BCUT2D eigenvalue weighted by molar-refractivity contribution is 5.72. The zero-order valence-corrected chi connectivity index (χ0v) is 4.70. The summed E-state index contributed by atoms with van der Waals surface area (Å²) in [5.41, 5.74) is 5.47. The first-order chi connectivity index (χ1) is 4.38. The predicted molar refractivity (Wildman–Crippen MR) is 29.8 cm³/mol. The number of aromatic nitrogens is 1. The summed E-state index contributed by atoms with van der Waals surface area (Å²) in [4.78, 5) is 13.7. The second-order valence-electron chi connectivity index (χ2n) is 1.48. The molecule has 0 amide bonds. The van der Waals surface area contributed by atoms with Crippen LogP contribution in [0.3, 0.4) is 0 Å². The molecule has 4 nitrogen and oxygen atoms in total. The first kappa shape index (κ1) is 5.97. The van der Waals surface area contributed by atoms with Crippen molar-refractivity contribution >= 4 is 6.29 Å². The zero-order valence-electron chi connectivity index (χ0n) is 4.70. The summed E-state index contributed by atoms with van der Waals surface area (Å²) in [6, 6.07) is 0. The highest BCUT2D eigenvalue weighted by atomic mass is 16.3. The number of carbonyl (C=O) groups excluding carboxylic acids is 1. The molecule has 1 heterocycles. The van der Waals surface area contributed by atoms with E-state index < -0.39 is 0 Å². The molecule has 0 spiro atoms. The van der Waals surface area contributed by atoms with Gasteiger partial charge in [-0.1, -0.05) is 0 Å². The molecule has 1 aromatic heterocycles. The van der Waals surface area contributed by atoms with E-state index in [9.17, 15) is 4.79 Å². The monoisotopic (exact) mass is 126 g/mol. The molecule has 0 unspecified atom stereocenters. The zero-order chi connectivity index (χ0) is 6.69. The third kappa shape index (κ3) is 0.972. The summed E-state index contributed by atoms with van der Waals surface area (Å²) in [5.74, 6) is 0.435. The lowest BCUT2D eigenvalue weighted by molar-refractivity contribution is 0.111. The van der Waals surface area contributed by atoms with Gasteiger partial charge in [-0.05, 0) is 0 Å². The second kappa shape index (κ2) is 2.41. The largest absolute Gasteiger partial charge is 0.446 e. The smallest absolute Gasteiger partial charge is 0.181 e. The lowest BCUT2D eigenvalue weighted by Crippen LogP contribution is -1.97. The van der Waals surface area contributed by atoms with Gasteiger partial charge in [-0.2, -0.15) is 0 Å². The topological polar surface area (TPSA) is 69.1 Å². The molecule has 0 saturated carbocycles. The van der Waals surface area contributed by atoms with Gasteiger partial charge in [0, 0.05) is 0 Å². The number of oxazole rings is 1. The molecule has 0 saturated heterocycles. The van der Waals surface area contributed by atoms with Gasteiger partial charge in [0.15, 0.2) is 12.7 Å². The lowest BCUT2D eigenvalue weighted by atomic mass is 10.4. The Hall–Kier alpha value is -1.16. The average molecular weight is 126 g/mol. The highest BCUT2D eigenvalue weighted by Gasteiger charge is 2.02. The van der Waals surface area contributed by atoms with E-state index in [0.717, 1.165) is 0 Å². The van der Waals surface area contributed by atoms with Crippen molar-refractivity contribution in [2.75, 3.05) is 0 Å². The Morgan fingerprint density at radius 1 is 1.89 bits per heavy atom. The van der Waals surface area contributed by atoms with Crippen LogP contribution in [0.2, 0.25) is 0 Å². The van der Waals surface area contributed by atoms with Gasteiger partial charge in [-0.15, -0.1) is 0 Å². The fourth-order valence-electron chi connectivity index (χ4n) is 0.528. The van der Waals surface area contributed by atoms with Gasteiger partial charge in [-0.3, -0.25) is 4.79 Å². The van der Waals surface area contributed by atoms with Crippen LogP contribution in [0.4, 0.5) is 0 Å². The molecular weight excluding hydrogens is 120 g/mol. The molecule has 0 bridgehead atoms. The number of hydrogen-bond donors (Lipinski definition) is 1. The van der Waals surface area contributed by atoms with Crippen LogP contribution in [-0.2, 0) is 6.54 Å². The summed E-state index contributed by atoms with van der Waals surface area (Å²) >= 11 is 0. The minimum absolute atomic E-state index is 0.216. The van der Waals surface area contributed by atoms with Crippen LogP contribution in [0.25, 0.3) is 0 Å². The van der Waals surface area contributed by atoms with Crippen molar-refractivity contribution in [1.82, 2.24) is 4.98 Å². The molecule has 1 rings (SSSR count). The first-order valence-corrected chi connectivity index (χ1v) is 2.46. The van der Waals surface area contributed by atoms with E-state index in [1.54, 1.807) is 0 Å². The summed E-state index contributed by atoms with van der Waals surface area (Å²) in [6.07, 6.45) is 1.82. The quantitative estimate of drug-likeness (QED) is 0.564. The number of aldehydes is 1. The van der Waals surface area contributed by atoms with Crippen LogP contribution in [0.1, 0.15) is 16.2 Å². The van der Waals surface area contributed by atoms with E-state index in [1.807, 2.05) is 0 Å². The first-order valence-electron chi connectivity index (χ1n) is 2.46. The van der Waals surface area contributed by atoms with Crippen molar-refractivity contribution in [3.8, 4) is 0 Å². The third-order valence-electron chi connectivity index (χ3n) is 0.969. The van der Waals surface area contributed by atoms with Crippen molar-refractivity contribution in [1.29, 1.82) is 0 Å². The maximum absolute atomic E-state index is 10.1. The predicted octanol–water partition coefficient (Wildman–Crippen LogP) is -0.0542. The molecule has 2 N–H and O–H groups in total. The summed E-state index contributed by atoms with van der Waals surface area (Å²) in [5, 5.41) is 0. The molecule has 48 valence electrons. The fourth-order valence-corrected chi connectivity index (χ4v) is 0.528. The number of nitrogens with zero attached hydrogens (tertiary/aromatic N) is 1.